The topological polar surface area (TPSA) is 48.2 Å². The van der Waals surface area contributed by atoms with Gasteiger partial charge >= 0.3 is 0 Å². The lowest BCUT2D eigenvalue weighted by molar-refractivity contribution is 0.415. The minimum atomic E-state index is -0.304. The smallest absolute Gasteiger partial charge is 0.178 e. The van der Waals surface area contributed by atoms with Crippen molar-refractivity contribution in [3.8, 4) is 56.5 Å². The van der Waals surface area contributed by atoms with Crippen LogP contribution in [0.2, 0.25) is 0 Å². The van der Waals surface area contributed by atoms with Crippen LogP contribution in [0.25, 0.3) is 67.0 Å². The van der Waals surface area contributed by atoms with Crippen molar-refractivity contribution in [3.63, 3.8) is 0 Å². The van der Waals surface area contributed by atoms with Crippen molar-refractivity contribution in [2.24, 2.45) is 0 Å². The van der Waals surface area contributed by atoms with E-state index in [-0.39, 0.29) is 5.41 Å². The predicted molar refractivity (Wildman–Crippen MR) is 190 cm³/mol. The molecule has 0 saturated heterocycles. The highest BCUT2D eigenvalue weighted by molar-refractivity contribution is 6.07. The van der Waals surface area contributed by atoms with Gasteiger partial charge in [-0.05, 0) is 47.5 Å². The average Bonchev–Trinajstić information content (AvgIpc) is 3.52. The van der Waals surface area contributed by atoms with E-state index >= 15 is 0 Å². The number of benzene rings is 6. The van der Waals surface area contributed by atoms with Crippen LogP contribution in [0, 0.1) is 0 Å². The highest BCUT2D eigenvalue weighted by Crippen LogP contribution is 2.52. The molecule has 1 aliphatic heterocycles. The van der Waals surface area contributed by atoms with Crippen LogP contribution in [0.15, 0.2) is 150 Å². The summed E-state index contributed by atoms with van der Waals surface area (Å²) in [7, 11) is 0. The van der Waals surface area contributed by atoms with Gasteiger partial charge in [-0.25, -0.2) is 9.97 Å². The Labute approximate surface area is 273 Å². The highest BCUT2D eigenvalue weighted by atomic mass is 16.5. The van der Waals surface area contributed by atoms with Gasteiger partial charge in [0.25, 0.3) is 0 Å². The molecule has 0 unspecified atom stereocenters. The van der Waals surface area contributed by atoms with Crippen LogP contribution in [0.3, 0.4) is 0 Å². The van der Waals surface area contributed by atoms with Gasteiger partial charge in [-0.2, -0.15) is 0 Å². The molecule has 0 amide bonds. The summed E-state index contributed by atoms with van der Waals surface area (Å²) in [6.07, 6.45) is 0. The Hall–Kier alpha value is -6.00. The van der Waals surface area contributed by atoms with E-state index in [1.165, 1.54) is 0 Å². The first-order valence-corrected chi connectivity index (χ1v) is 15.9. The molecule has 224 valence electrons. The van der Waals surface area contributed by atoms with Crippen LogP contribution in [0.1, 0.15) is 25.0 Å². The van der Waals surface area contributed by atoms with Crippen molar-refractivity contribution in [1.82, 2.24) is 9.97 Å². The second-order valence-electron chi connectivity index (χ2n) is 12.6. The van der Waals surface area contributed by atoms with E-state index in [2.05, 4.69) is 105 Å². The number of furan rings is 1. The van der Waals surface area contributed by atoms with Gasteiger partial charge in [-0.3, -0.25) is 0 Å². The fourth-order valence-corrected chi connectivity index (χ4v) is 6.83. The van der Waals surface area contributed by atoms with Crippen molar-refractivity contribution >= 4 is 21.9 Å². The number of fused-ring (bicyclic) bond motifs is 6. The largest absolute Gasteiger partial charge is 0.453 e. The first kappa shape index (κ1) is 27.3. The zero-order chi connectivity index (χ0) is 31.5. The number of nitrogens with zero attached hydrogens (tertiary/aromatic N) is 2. The van der Waals surface area contributed by atoms with E-state index in [4.69, 9.17) is 19.1 Å². The van der Waals surface area contributed by atoms with Crippen molar-refractivity contribution in [1.29, 1.82) is 0 Å². The van der Waals surface area contributed by atoms with Crippen molar-refractivity contribution in [3.05, 3.63) is 157 Å². The second kappa shape index (κ2) is 10.5. The molecule has 0 saturated carbocycles. The molecular weight excluding hydrogens is 576 g/mol. The molecule has 0 bridgehead atoms. The summed E-state index contributed by atoms with van der Waals surface area (Å²) in [5.74, 6) is 2.34. The number of para-hydroxylation sites is 1. The van der Waals surface area contributed by atoms with Crippen LogP contribution in [-0.2, 0) is 5.41 Å². The zero-order valence-electron chi connectivity index (χ0n) is 26.1. The van der Waals surface area contributed by atoms with E-state index < -0.39 is 0 Å². The van der Waals surface area contributed by atoms with Crippen molar-refractivity contribution in [2.75, 3.05) is 0 Å². The van der Waals surface area contributed by atoms with Crippen LogP contribution >= 0.6 is 0 Å². The quantitative estimate of drug-likeness (QED) is 0.200. The van der Waals surface area contributed by atoms with Gasteiger partial charge in [-0.1, -0.05) is 123 Å². The van der Waals surface area contributed by atoms with E-state index in [9.17, 15) is 0 Å². The maximum Gasteiger partial charge on any atom is 0.178 e. The monoisotopic (exact) mass is 606 g/mol. The summed E-state index contributed by atoms with van der Waals surface area (Å²) < 4.78 is 13.0. The summed E-state index contributed by atoms with van der Waals surface area (Å²) >= 11 is 0. The Morgan fingerprint density at radius 3 is 1.87 bits per heavy atom. The molecule has 6 aromatic carbocycles. The number of ether oxygens (including phenoxy) is 1. The summed E-state index contributed by atoms with van der Waals surface area (Å²) in [5.41, 5.74) is 10.7. The standard InChI is InChI=1S/C43H30N2O2/c1-43(2)34-22-21-33-32-18-9-10-19-38(32)46-40(33)41(34)47-39-23-20-30(25-35(39)43)29-16-11-17-31(24-29)42-44-36(27-12-5-3-6-13-27)26-37(45-42)28-14-7-4-8-15-28/h3-26H,1-2H3. The Balaban J connectivity index is 1.13. The molecular formula is C43H30N2O2. The number of hydrogen-bond donors (Lipinski definition) is 0. The third kappa shape index (κ3) is 4.52. The maximum absolute atomic E-state index is 6.64. The van der Waals surface area contributed by atoms with E-state index in [1.807, 2.05) is 54.6 Å². The molecule has 4 heteroatoms. The summed E-state index contributed by atoms with van der Waals surface area (Å²) in [6, 6.07) is 50.1. The fourth-order valence-electron chi connectivity index (χ4n) is 6.83. The maximum atomic E-state index is 6.64. The predicted octanol–water partition coefficient (Wildman–Crippen LogP) is 11.5. The molecule has 1 aliphatic rings. The first-order chi connectivity index (χ1) is 23.0. The van der Waals surface area contributed by atoms with Crippen LogP contribution < -0.4 is 4.74 Å². The molecule has 9 rings (SSSR count). The molecule has 0 aliphatic carbocycles. The summed E-state index contributed by atoms with van der Waals surface area (Å²) in [4.78, 5) is 10.1. The molecule has 3 heterocycles. The molecule has 47 heavy (non-hydrogen) atoms. The molecule has 0 radical (unpaired) electrons. The molecule has 0 N–H and O–H groups in total. The Bertz CT molecular complexity index is 2400. The number of hydrogen-bond acceptors (Lipinski definition) is 4. The molecule has 0 spiro atoms. The van der Waals surface area contributed by atoms with Gasteiger partial charge in [0.1, 0.15) is 11.3 Å². The van der Waals surface area contributed by atoms with Gasteiger partial charge in [0.05, 0.1) is 11.4 Å². The lowest BCUT2D eigenvalue weighted by Gasteiger charge is -2.34. The lowest BCUT2D eigenvalue weighted by atomic mass is 9.75. The van der Waals surface area contributed by atoms with Gasteiger partial charge in [0.2, 0.25) is 0 Å². The second-order valence-corrected chi connectivity index (χ2v) is 12.6. The molecule has 4 nitrogen and oxygen atoms in total. The minimum Gasteiger partial charge on any atom is -0.453 e. The lowest BCUT2D eigenvalue weighted by Crippen LogP contribution is -2.24. The molecule has 8 aromatic rings. The van der Waals surface area contributed by atoms with Gasteiger partial charge in [0.15, 0.2) is 17.2 Å². The normalized spacial score (nSPS) is 13.2. The Kier molecular flexibility index (Phi) is 6.12. The SMILES string of the molecule is CC1(C)c2cc(-c3cccc(-c4nc(-c5ccccc5)cc(-c5ccccc5)n4)c3)ccc2Oc2c1ccc1c2oc2ccccc21. The van der Waals surface area contributed by atoms with E-state index in [1.54, 1.807) is 0 Å². The minimum absolute atomic E-state index is 0.304. The van der Waals surface area contributed by atoms with E-state index in [0.29, 0.717) is 5.82 Å². The third-order valence-electron chi connectivity index (χ3n) is 9.36. The number of aromatic nitrogens is 2. The summed E-state index contributed by atoms with van der Waals surface area (Å²) in [6.45, 7) is 4.52. The van der Waals surface area contributed by atoms with E-state index in [0.717, 1.165) is 83.8 Å². The van der Waals surface area contributed by atoms with Gasteiger partial charge < -0.3 is 9.15 Å². The average molecular weight is 607 g/mol. The van der Waals surface area contributed by atoms with Crippen molar-refractivity contribution < 1.29 is 9.15 Å². The first-order valence-electron chi connectivity index (χ1n) is 15.9. The summed E-state index contributed by atoms with van der Waals surface area (Å²) in [5, 5.41) is 2.17. The van der Waals surface area contributed by atoms with Crippen molar-refractivity contribution in [2.45, 2.75) is 19.3 Å². The molecule has 0 atom stereocenters. The van der Waals surface area contributed by atoms with Crippen LogP contribution in [-0.4, -0.2) is 9.97 Å². The Morgan fingerprint density at radius 2 is 1.13 bits per heavy atom. The number of rotatable bonds is 4. The van der Waals surface area contributed by atoms with Gasteiger partial charge in [-0.15, -0.1) is 0 Å². The molecule has 2 aromatic heterocycles. The highest BCUT2D eigenvalue weighted by Gasteiger charge is 2.36. The Morgan fingerprint density at radius 1 is 0.489 bits per heavy atom. The van der Waals surface area contributed by atoms with Crippen LogP contribution in [0.5, 0.6) is 11.5 Å². The third-order valence-corrected chi connectivity index (χ3v) is 9.36. The zero-order valence-corrected chi connectivity index (χ0v) is 26.1. The fraction of sp³-hybridized carbons (Fsp3) is 0.0698. The van der Waals surface area contributed by atoms with Crippen LogP contribution in [0.4, 0.5) is 0 Å². The molecule has 0 fully saturated rings. The van der Waals surface area contributed by atoms with Gasteiger partial charge in [0, 0.05) is 44.0 Å².